The van der Waals surface area contributed by atoms with E-state index < -0.39 is 8.32 Å². The number of aliphatic hydroxyl groups is 1. The van der Waals surface area contributed by atoms with E-state index in [1.54, 1.807) is 0 Å². The molecule has 28 heavy (non-hydrogen) atoms. The summed E-state index contributed by atoms with van der Waals surface area (Å²) in [7, 11) is -1.78. The van der Waals surface area contributed by atoms with Crippen molar-refractivity contribution in [1.29, 1.82) is 0 Å². The van der Waals surface area contributed by atoms with Gasteiger partial charge in [0, 0.05) is 19.1 Å². The van der Waals surface area contributed by atoms with Gasteiger partial charge in [0.15, 0.2) is 8.32 Å². The third-order valence-electron chi connectivity index (χ3n) is 5.73. The fourth-order valence-electron chi connectivity index (χ4n) is 2.93. The van der Waals surface area contributed by atoms with Crippen LogP contribution in [-0.4, -0.2) is 60.0 Å². The molecule has 1 fully saturated rings. The molecular weight excluding hydrogens is 485 g/mol. The summed E-state index contributed by atoms with van der Waals surface area (Å²) in [5, 5.41) is 14.8. The van der Waals surface area contributed by atoms with Gasteiger partial charge in [0.2, 0.25) is 5.88 Å². The Morgan fingerprint density at radius 2 is 2.00 bits per heavy atom. The Labute approximate surface area is 185 Å². The predicted octanol–water partition coefficient (Wildman–Crippen LogP) is 4.25. The number of rotatable bonds is 11. The Morgan fingerprint density at radius 3 is 2.50 bits per heavy atom. The van der Waals surface area contributed by atoms with E-state index in [-0.39, 0.29) is 11.1 Å². The lowest BCUT2D eigenvalue weighted by molar-refractivity contribution is 0.115. The molecule has 1 aromatic rings. The van der Waals surface area contributed by atoms with Gasteiger partial charge in [-0.25, -0.2) is 0 Å². The summed E-state index contributed by atoms with van der Waals surface area (Å²) in [5.74, 6) is 0.707. The standard InChI is InChI=1S/C20H38IN3O3Si/c1-8-26-19-18(21)17(14-23(13-15(2)25)16-9-10-16)24(22-19)11-12-27-28(6,7)20(3,4)5/h15-16,25H,8-14H2,1-7H3/t15-/m1/s1. The number of hydrogen-bond donors (Lipinski definition) is 1. The molecule has 6 nitrogen and oxygen atoms in total. The minimum absolute atomic E-state index is 0.199. The molecule has 1 atom stereocenters. The topological polar surface area (TPSA) is 59.8 Å². The molecule has 1 saturated carbocycles. The van der Waals surface area contributed by atoms with Crippen LogP contribution >= 0.6 is 22.6 Å². The first-order chi connectivity index (χ1) is 13.0. The maximum absolute atomic E-state index is 9.91. The molecule has 1 aromatic heterocycles. The zero-order valence-electron chi connectivity index (χ0n) is 18.6. The third kappa shape index (κ3) is 6.42. The van der Waals surface area contributed by atoms with Crippen molar-refractivity contribution in [3.05, 3.63) is 9.26 Å². The van der Waals surface area contributed by atoms with Crippen LogP contribution in [0.4, 0.5) is 0 Å². The van der Waals surface area contributed by atoms with Crippen LogP contribution in [0.1, 0.15) is 53.2 Å². The summed E-state index contributed by atoms with van der Waals surface area (Å²) in [4.78, 5) is 2.38. The van der Waals surface area contributed by atoms with E-state index in [4.69, 9.17) is 14.3 Å². The van der Waals surface area contributed by atoms with Crippen molar-refractivity contribution in [3.63, 3.8) is 0 Å². The fourth-order valence-corrected chi connectivity index (χ4v) is 4.68. The lowest BCUT2D eigenvalue weighted by Crippen LogP contribution is -2.41. The summed E-state index contributed by atoms with van der Waals surface area (Å²) in [6, 6.07) is 0.577. The normalized spacial score (nSPS) is 16.6. The van der Waals surface area contributed by atoms with Crippen LogP contribution in [0.5, 0.6) is 5.88 Å². The average molecular weight is 524 g/mol. The van der Waals surface area contributed by atoms with Crippen LogP contribution in [0.15, 0.2) is 0 Å². The van der Waals surface area contributed by atoms with Gasteiger partial charge in [0.1, 0.15) is 0 Å². The van der Waals surface area contributed by atoms with Crippen LogP contribution in [0.3, 0.4) is 0 Å². The molecule has 0 spiro atoms. The van der Waals surface area contributed by atoms with Gasteiger partial charge in [-0.1, -0.05) is 20.8 Å². The van der Waals surface area contributed by atoms with Gasteiger partial charge >= 0.3 is 0 Å². The zero-order chi connectivity index (χ0) is 21.1. The highest BCUT2D eigenvalue weighted by Gasteiger charge is 2.37. The summed E-state index contributed by atoms with van der Waals surface area (Å²) in [6.45, 7) is 18.7. The Morgan fingerprint density at radius 1 is 1.36 bits per heavy atom. The molecule has 0 bridgehead atoms. The highest BCUT2D eigenvalue weighted by atomic mass is 127. The molecule has 0 unspecified atom stereocenters. The van der Waals surface area contributed by atoms with Gasteiger partial charge in [0.05, 0.1) is 35.1 Å². The molecule has 0 saturated heterocycles. The van der Waals surface area contributed by atoms with E-state index in [1.807, 2.05) is 13.8 Å². The van der Waals surface area contributed by atoms with E-state index in [0.29, 0.717) is 31.7 Å². The first-order valence-corrected chi connectivity index (χ1v) is 14.4. The summed E-state index contributed by atoms with van der Waals surface area (Å²) in [6.07, 6.45) is 2.09. The van der Waals surface area contributed by atoms with Gasteiger partial charge in [-0.05, 0) is 67.4 Å². The van der Waals surface area contributed by atoms with Gasteiger partial charge in [-0.15, -0.1) is 5.10 Å². The highest BCUT2D eigenvalue weighted by Crippen LogP contribution is 2.36. The van der Waals surface area contributed by atoms with E-state index in [9.17, 15) is 5.11 Å². The third-order valence-corrected chi connectivity index (χ3v) is 11.4. The Balaban J connectivity index is 2.14. The second kappa shape index (κ2) is 9.76. The quantitative estimate of drug-likeness (QED) is 0.347. The molecule has 1 aliphatic carbocycles. The first-order valence-electron chi connectivity index (χ1n) is 10.4. The van der Waals surface area contributed by atoms with Crippen molar-refractivity contribution in [2.24, 2.45) is 0 Å². The molecule has 8 heteroatoms. The Kier molecular flexibility index (Phi) is 8.41. The van der Waals surface area contributed by atoms with Crippen LogP contribution in [0.2, 0.25) is 18.1 Å². The maximum Gasteiger partial charge on any atom is 0.246 e. The molecular formula is C20H38IN3O3Si. The lowest BCUT2D eigenvalue weighted by atomic mass is 10.2. The molecule has 162 valence electrons. The molecule has 2 rings (SSSR count). The minimum atomic E-state index is -1.78. The Bertz CT molecular complexity index is 639. The highest BCUT2D eigenvalue weighted by molar-refractivity contribution is 14.1. The summed E-state index contributed by atoms with van der Waals surface area (Å²) < 4.78 is 15.3. The van der Waals surface area contributed by atoms with Crippen molar-refractivity contribution in [2.75, 3.05) is 19.8 Å². The van der Waals surface area contributed by atoms with Gasteiger partial charge in [0.25, 0.3) is 0 Å². The van der Waals surface area contributed by atoms with Crippen molar-refractivity contribution in [3.8, 4) is 5.88 Å². The number of halogens is 1. The summed E-state index contributed by atoms with van der Waals surface area (Å²) in [5.41, 5.74) is 1.16. The molecule has 0 amide bonds. The van der Waals surface area contributed by atoms with Crippen molar-refractivity contribution < 1.29 is 14.3 Å². The number of hydrogen-bond acceptors (Lipinski definition) is 5. The predicted molar refractivity (Wildman–Crippen MR) is 124 cm³/mol. The second-order valence-electron chi connectivity index (χ2n) is 9.34. The van der Waals surface area contributed by atoms with Crippen LogP contribution < -0.4 is 4.74 Å². The number of nitrogens with zero attached hydrogens (tertiary/aromatic N) is 3. The van der Waals surface area contributed by atoms with Crippen molar-refractivity contribution in [2.45, 2.75) is 90.8 Å². The molecule has 0 radical (unpaired) electrons. The number of aliphatic hydroxyl groups excluding tert-OH is 1. The monoisotopic (exact) mass is 523 g/mol. The molecule has 1 N–H and O–H groups in total. The SMILES string of the molecule is CCOc1nn(CCO[Si](C)(C)C(C)(C)C)c(CN(C[C@@H](C)O)C2CC2)c1I. The molecule has 1 aliphatic rings. The number of ether oxygens (including phenoxy) is 1. The second-order valence-corrected chi connectivity index (χ2v) is 15.2. The fraction of sp³-hybridized carbons (Fsp3) is 0.850. The van der Waals surface area contributed by atoms with Gasteiger partial charge in [-0.3, -0.25) is 9.58 Å². The summed E-state index contributed by atoms with van der Waals surface area (Å²) >= 11 is 2.35. The first kappa shape index (κ1) is 24.1. The lowest BCUT2D eigenvalue weighted by Gasteiger charge is -2.36. The van der Waals surface area contributed by atoms with Crippen molar-refractivity contribution in [1.82, 2.24) is 14.7 Å². The smallest absolute Gasteiger partial charge is 0.246 e. The zero-order valence-corrected chi connectivity index (χ0v) is 21.7. The van der Waals surface area contributed by atoms with E-state index in [1.165, 1.54) is 12.8 Å². The maximum atomic E-state index is 9.91. The van der Waals surface area contributed by atoms with Gasteiger partial charge < -0.3 is 14.3 Å². The van der Waals surface area contributed by atoms with Crippen LogP contribution in [0, 0.1) is 3.57 Å². The van der Waals surface area contributed by atoms with Gasteiger partial charge in [-0.2, -0.15) is 0 Å². The van der Waals surface area contributed by atoms with Crippen LogP contribution in [-0.2, 0) is 17.5 Å². The average Bonchev–Trinajstić information content (AvgIpc) is 3.36. The van der Waals surface area contributed by atoms with E-state index in [0.717, 1.165) is 22.4 Å². The Hall–Kier alpha value is -0.163. The molecule has 1 heterocycles. The van der Waals surface area contributed by atoms with E-state index in [2.05, 4.69) is 66.0 Å². The van der Waals surface area contributed by atoms with Crippen LogP contribution in [0.25, 0.3) is 0 Å². The molecule has 0 aromatic carbocycles. The van der Waals surface area contributed by atoms with E-state index >= 15 is 0 Å². The molecule has 0 aliphatic heterocycles. The minimum Gasteiger partial charge on any atom is -0.476 e. The van der Waals surface area contributed by atoms with Crippen molar-refractivity contribution >= 4 is 30.9 Å². The largest absolute Gasteiger partial charge is 0.476 e. The number of aromatic nitrogens is 2.